The van der Waals surface area contributed by atoms with Gasteiger partial charge in [0.25, 0.3) is 0 Å². The van der Waals surface area contributed by atoms with E-state index in [2.05, 4.69) is 0 Å². The van der Waals surface area contributed by atoms with Crippen LogP contribution in [0, 0.1) is 0 Å². The van der Waals surface area contributed by atoms with Crippen LogP contribution in [0.5, 0.6) is 0 Å². The lowest BCUT2D eigenvalue weighted by Gasteiger charge is -2.28. The molecular formula is C12H18O4S. The summed E-state index contributed by atoms with van der Waals surface area (Å²) in [7, 11) is -3.23. The minimum atomic E-state index is -3.23. The van der Waals surface area contributed by atoms with E-state index >= 15 is 0 Å². The van der Waals surface area contributed by atoms with Crippen molar-refractivity contribution in [3.63, 3.8) is 0 Å². The van der Waals surface area contributed by atoms with Crippen LogP contribution in [0.25, 0.3) is 0 Å². The molecule has 17 heavy (non-hydrogen) atoms. The number of sulfone groups is 1. The van der Waals surface area contributed by atoms with Crippen LogP contribution in [0.1, 0.15) is 31.9 Å². The number of benzene rings is 1. The lowest BCUT2D eigenvalue weighted by Crippen LogP contribution is -2.31. The van der Waals surface area contributed by atoms with Crippen LogP contribution in [0.15, 0.2) is 29.2 Å². The van der Waals surface area contributed by atoms with Gasteiger partial charge in [-0.05, 0) is 31.0 Å². The molecule has 0 aliphatic rings. The average molecular weight is 258 g/mol. The van der Waals surface area contributed by atoms with E-state index in [1.165, 1.54) is 24.3 Å². The molecule has 1 aromatic rings. The summed E-state index contributed by atoms with van der Waals surface area (Å²) in [6, 6.07) is 5.90. The molecule has 2 N–H and O–H groups in total. The van der Waals surface area contributed by atoms with E-state index in [-0.39, 0.29) is 4.90 Å². The van der Waals surface area contributed by atoms with Crippen molar-refractivity contribution in [3.05, 3.63) is 29.8 Å². The van der Waals surface area contributed by atoms with Crippen LogP contribution in [0.4, 0.5) is 0 Å². The highest BCUT2D eigenvalue weighted by atomic mass is 32.2. The number of rotatable bonds is 4. The third kappa shape index (κ3) is 3.28. The van der Waals surface area contributed by atoms with E-state index in [0.717, 1.165) is 6.26 Å². The Hall–Kier alpha value is -0.910. The number of hydrogen-bond donors (Lipinski definition) is 2. The predicted molar refractivity (Wildman–Crippen MR) is 65.4 cm³/mol. The molecule has 1 rings (SSSR count). The lowest BCUT2D eigenvalue weighted by atomic mass is 9.91. The second-order valence-corrected chi connectivity index (χ2v) is 6.47. The Morgan fingerprint density at radius 1 is 1.29 bits per heavy atom. The summed E-state index contributed by atoms with van der Waals surface area (Å²) in [4.78, 5) is 0.199. The van der Waals surface area contributed by atoms with Crippen molar-refractivity contribution < 1.29 is 18.6 Å². The summed E-state index contributed by atoms with van der Waals surface area (Å²) in [5.41, 5.74) is -0.712. The number of aliphatic hydroxyl groups is 2. The van der Waals surface area contributed by atoms with Gasteiger partial charge in [0.2, 0.25) is 0 Å². The van der Waals surface area contributed by atoms with Gasteiger partial charge >= 0.3 is 0 Å². The molecule has 0 radical (unpaired) electrons. The van der Waals surface area contributed by atoms with Gasteiger partial charge in [0, 0.05) is 6.26 Å². The predicted octanol–water partition coefficient (Wildman–Crippen LogP) is 1.28. The Bertz CT molecular complexity index is 474. The maximum absolute atomic E-state index is 11.3. The minimum Gasteiger partial charge on any atom is -0.387 e. The molecule has 0 heterocycles. The van der Waals surface area contributed by atoms with E-state index in [0.29, 0.717) is 12.0 Å². The average Bonchev–Trinajstić information content (AvgIpc) is 2.27. The van der Waals surface area contributed by atoms with E-state index in [1.807, 2.05) is 0 Å². The number of hydrogen-bond acceptors (Lipinski definition) is 4. The van der Waals surface area contributed by atoms with Crippen LogP contribution in [0.3, 0.4) is 0 Å². The SMILES string of the molecule is CCC(C)(O)C(O)c1ccc(S(C)(=O)=O)cc1. The first-order valence-electron chi connectivity index (χ1n) is 5.39. The topological polar surface area (TPSA) is 74.6 Å². The lowest BCUT2D eigenvalue weighted by molar-refractivity contribution is -0.0658. The highest BCUT2D eigenvalue weighted by Crippen LogP contribution is 2.28. The summed E-state index contributed by atoms with van der Waals surface area (Å²) in [5.74, 6) is 0. The van der Waals surface area contributed by atoms with Gasteiger partial charge in [0.15, 0.2) is 9.84 Å². The van der Waals surface area contributed by atoms with Gasteiger partial charge in [0.05, 0.1) is 10.5 Å². The summed E-state index contributed by atoms with van der Waals surface area (Å²) in [6.07, 6.45) is 0.504. The molecule has 0 aliphatic heterocycles. The smallest absolute Gasteiger partial charge is 0.175 e. The van der Waals surface area contributed by atoms with Crippen molar-refractivity contribution in [1.82, 2.24) is 0 Å². The van der Waals surface area contributed by atoms with Gasteiger partial charge < -0.3 is 10.2 Å². The molecule has 0 saturated carbocycles. The maximum atomic E-state index is 11.3. The normalized spacial score (nSPS) is 17.5. The zero-order chi connectivity index (χ0) is 13.3. The summed E-state index contributed by atoms with van der Waals surface area (Å²) < 4.78 is 22.5. The zero-order valence-corrected chi connectivity index (χ0v) is 11.0. The largest absolute Gasteiger partial charge is 0.387 e. The zero-order valence-electron chi connectivity index (χ0n) is 10.2. The minimum absolute atomic E-state index is 0.199. The molecule has 0 aromatic heterocycles. The van der Waals surface area contributed by atoms with Crippen molar-refractivity contribution in [2.45, 2.75) is 36.9 Å². The number of aliphatic hydroxyl groups excluding tert-OH is 1. The van der Waals surface area contributed by atoms with E-state index in [1.54, 1.807) is 13.8 Å². The summed E-state index contributed by atoms with van der Waals surface area (Å²) >= 11 is 0. The Balaban J connectivity index is 3.04. The molecule has 4 nitrogen and oxygen atoms in total. The van der Waals surface area contributed by atoms with Gasteiger partial charge in [0.1, 0.15) is 6.10 Å². The molecule has 2 atom stereocenters. The fourth-order valence-corrected chi connectivity index (χ4v) is 2.08. The van der Waals surface area contributed by atoms with Crippen LogP contribution in [0.2, 0.25) is 0 Å². The summed E-state index contributed by atoms with van der Waals surface area (Å²) in [6.45, 7) is 3.32. The summed E-state index contributed by atoms with van der Waals surface area (Å²) in [5, 5.41) is 19.8. The first-order valence-corrected chi connectivity index (χ1v) is 7.28. The van der Waals surface area contributed by atoms with Gasteiger partial charge in [-0.25, -0.2) is 8.42 Å². The second kappa shape index (κ2) is 4.76. The molecule has 2 unspecified atom stereocenters. The van der Waals surface area contributed by atoms with Gasteiger partial charge in [-0.15, -0.1) is 0 Å². The van der Waals surface area contributed by atoms with Crippen LogP contribution in [-0.2, 0) is 9.84 Å². The van der Waals surface area contributed by atoms with Crippen LogP contribution >= 0.6 is 0 Å². The third-order valence-electron chi connectivity index (χ3n) is 2.93. The van der Waals surface area contributed by atoms with Crippen LogP contribution in [-0.4, -0.2) is 30.5 Å². The van der Waals surface area contributed by atoms with Gasteiger partial charge in [-0.2, -0.15) is 0 Å². The molecular weight excluding hydrogens is 240 g/mol. The Morgan fingerprint density at radius 3 is 2.12 bits per heavy atom. The maximum Gasteiger partial charge on any atom is 0.175 e. The molecule has 1 aromatic carbocycles. The molecule has 5 heteroatoms. The highest BCUT2D eigenvalue weighted by molar-refractivity contribution is 7.90. The Morgan fingerprint density at radius 2 is 1.76 bits per heavy atom. The monoisotopic (exact) mass is 258 g/mol. The molecule has 0 saturated heterocycles. The van der Waals surface area contributed by atoms with E-state index in [9.17, 15) is 18.6 Å². The van der Waals surface area contributed by atoms with Gasteiger partial charge in [-0.3, -0.25) is 0 Å². The fraction of sp³-hybridized carbons (Fsp3) is 0.500. The Kier molecular flexibility index (Phi) is 3.96. The van der Waals surface area contributed by atoms with Crippen molar-refractivity contribution in [3.8, 4) is 0 Å². The molecule has 0 fully saturated rings. The highest BCUT2D eigenvalue weighted by Gasteiger charge is 2.29. The molecule has 0 aliphatic carbocycles. The molecule has 0 spiro atoms. The standard InChI is InChI=1S/C12H18O4S/c1-4-12(2,14)11(13)9-5-7-10(8-6-9)17(3,15)16/h5-8,11,13-14H,4H2,1-3H3. The van der Waals surface area contributed by atoms with Crippen molar-refractivity contribution in [1.29, 1.82) is 0 Å². The first kappa shape index (κ1) is 14.2. The van der Waals surface area contributed by atoms with E-state index in [4.69, 9.17) is 0 Å². The van der Waals surface area contributed by atoms with Crippen molar-refractivity contribution in [2.75, 3.05) is 6.26 Å². The molecule has 0 bridgehead atoms. The van der Waals surface area contributed by atoms with Gasteiger partial charge in [-0.1, -0.05) is 19.1 Å². The van der Waals surface area contributed by atoms with Crippen molar-refractivity contribution in [2.24, 2.45) is 0 Å². The third-order valence-corrected chi connectivity index (χ3v) is 4.06. The second-order valence-electron chi connectivity index (χ2n) is 4.45. The molecule has 0 amide bonds. The molecule has 96 valence electrons. The van der Waals surface area contributed by atoms with Crippen LogP contribution < -0.4 is 0 Å². The van der Waals surface area contributed by atoms with Crippen molar-refractivity contribution >= 4 is 9.84 Å². The van der Waals surface area contributed by atoms with E-state index < -0.39 is 21.5 Å². The first-order chi connectivity index (χ1) is 7.68. The fourth-order valence-electron chi connectivity index (χ4n) is 1.45. The quantitative estimate of drug-likeness (QED) is 0.853. The Labute approximate surface area is 102 Å².